The van der Waals surface area contributed by atoms with E-state index in [-0.39, 0.29) is 12.0 Å². The van der Waals surface area contributed by atoms with Crippen molar-refractivity contribution in [1.82, 2.24) is 0 Å². The van der Waals surface area contributed by atoms with Crippen molar-refractivity contribution in [2.75, 3.05) is 31.9 Å². The molecule has 0 unspecified atom stereocenters. The Labute approximate surface area is 101 Å². The molecule has 1 heterocycles. The molecule has 1 aromatic carbocycles. The van der Waals surface area contributed by atoms with Crippen LogP contribution in [-0.2, 0) is 0 Å². The highest BCUT2D eigenvalue weighted by Crippen LogP contribution is 2.46. The number of benzene rings is 1. The van der Waals surface area contributed by atoms with Crippen LogP contribution in [0.25, 0.3) is 0 Å². The third kappa shape index (κ3) is 1.93. The zero-order chi connectivity index (χ0) is 11.9. The number of aliphatic hydroxyl groups is 1. The lowest BCUT2D eigenvalue weighted by Crippen LogP contribution is -2.28. The minimum atomic E-state index is 0.130. The van der Waals surface area contributed by atoms with E-state index in [2.05, 4.69) is 4.90 Å². The van der Waals surface area contributed by atoms with Crippen LogP contribution in [0.4, 0.5) is 5.69 Å². The van der Waals surface area contributed by atoms with Crippen LogP contribution in [0.3, 0.4) is 0 Å². The van der Waals surface area contributed by atoms with Crippen LogP contribution < -0.4 is 14.4 Å². The van der Waals surface area contributed by atoms with Crippen molar-refractivity contribution in [3.8, 4) is 11.5 Å². The van der Waals surface area contributed by atoms with Crippen molar-refractivity contribution < 1.29 is 14.6 Å². The summed E-state index contributed by atoms with van der Waals surface area (Å²) in [6, 6.07) is 5.96. The SMILES string of the molecule is CN(CC1(CO)CC1)c1ccc2c(c1)OCO2. The largest absolute Gasteiger partial charge is 0.454 e. The Morgan fingerprint density at radius 2 is 2.06 bits per heavy atom. The van der Waals surface area contributed by atoms with Gasteiger partial charge in [-0.05, 0) is 25.0 Å². The Morgan fingerprint density at radius 3 is 2.76 bits per heavy atom. The van der Waals surface area contributed by atoms with Crippen molar-refractivity contribution >= 4 is 5.69 Å². The van der Waals surface area contributed by atoms with Gasteiger partial charge in [-0.3, -0.25) is 0 Å². The molecule has 92 valence electrons. The minimum absolute atomic E-state index is 0.130. The fourth-order valence-corrected chi connectivity index (χ4v) is 2.26. The van der Waals surface area contributed by atoms with Gasteiger partial charge >= 0.3 is 0 Å². The maximum atomic E-state index is 9.34. The van der Waals surface area contributed by atoms with Crippen LogP contribution >= 0.6 is 0 Å². The van der Waals surface area contributed by atoms with E-state index in [0.29, 0.717) is 6.79 Å². The molecule has 1 fully saturated rings. The van der Waals surface area contributed by atoms with Crippen LogP contribution in [0.1, 0.15) is 12.8 Å². The van der Waals surface area contributed by atoms with E-state index in [1.165, 1.54) is 0 Å². The van der Waals surface area contributed by atoms with Gasteiger partial charge in [0.25, 0.3) is 0 Å². The Morgan fingerprint density at radius 1 is 1.29 bits per heavy atom. The Bertz CT molecular complexity index is 429. The second kappa shape index (κ2) is 3.81. The van der Waals surface area contributed by atoms with E-state index in [1.807, 2.05) is 25.2 Å². The zero-order valence-electron chi connectivity index (χ0n) is 9.98. The van der Waals surface area contributed by atoms with Crippen LogP contribution in [0.2, 0.25) is 0 Å². The maximum absolute atomic E-state index is 9.34. The number of aliphatic hydroxyl groups excluding tert-OH is 1. The minimum Gasteiger partial charge on any atom is -0.454 e. The molecular formula is C13H17NO3. The van der Waals surface area contributed by atoms with Gasteiger partial charge in [-0.15, -0.1) is 0 Å². The molecule has 1 aromatic rings. The molecule has 1 aliphatic heterocycles. The van der Waals surface area contributed by atoms with Crippen LogP contribution in [-0.4, -0.2) is 32.1 Å². The monoisotopic (exact) mass is 235 g/mol. The lowest BCUT2D eigenvalue weighted by molar-refractivity contribution is 0.174. The van der Waals surface area contributed by atoms with E-state index >= 15 is 0 Å². The number of anilines is 1. The molecule has 0 amide bonds. The highest BCUT2D eigenvalue weighted by molar-refractivity contribution is 5.57. The molecular weight excluding hydrogens is 218 g/mol. The number of hydrogen-bond acceptors (Lipinski definition) is 4. The smallest absolute Gasteiger partial charge is 0.231 e. The molecule has 0 spiro atoms. The first kappa shape index (κ1) is 10.7. The van der Waals surface area contributed by atoms with Gasteiger partial charge in [0, 0.05) is 30.8 Å². The van der Waals surface area contributed by atoms with Gasteiger partial charge in [-0.25, -0.2) is 0 Å². The summed E-state index contributed by atoms with van der Waals surface area (Å²) in [7, 11) is 2.05. The molecule has 1 N–H and O–H groups in total. The van der Waals surface area contributed by atoms with Gasteiger partial charge < -0.3 is 19.5 Å². The lowest BCUT2D eigenvalue weighted by atomic mass is 10.1. The molecule has 3 rings (SSSR count). The third-order valence-corrected chi connectivity index (χ3v) is 3.66. The van der Waals surface area contributed by atoms with Gasteiger partial charge in [0.1, 0.15) is 0 Å². The third-order valence-electron chi connectivity index (χ3n) is 3.66. The molecule has 0 saturated heterocycles. The molecule has 0 atom stereocenters. The number of ether oxygens (including phenoxy) is 2. The highest BCUT2D eigenvalue weighted by Gasteiger charge is 2.42. The molecule has 0 bridgehead atoms. The van der Waals surface area contributed by atoms with E-state index < -0.39 is 0 Å². The highest BCUT2D eigenvalue weighted by atomic mass is 16.7. The van der Waals surface area contributed by atoms with Crippen molar-refractivity contribution in [3.63, 3.8) is 0 Å². The summed E-state index contributed by atoms with van der Waals surface area (Å²) in [6.07, 6.45) is 2.25. The summed E-state index contributed by atoms with van der Waals surface area (Å²) in [5.41, 5.74) is 1.24. The number of fused-ring (bicyclic) bond motifs is 1. The Hall–Kier alpha value is -1.42. The van der Waals surface area contributed by atoms with E-state index in [9.17, 15) is 5.11 Å². The predicted molar refractivity (Wildman–Crippen MR) is 64.6 cm³/mol. The van der Waals surface area contributed by atoms with Gasteiger partial charge in [-0.2, -0.15) is 0 Å². The topological polar surface area (TPSA) is 41.9 Å². The fraction of sp³-hybridized carbons (Fsp3) is 0.538. The Kier molecular flexibility index (Phi) is 2.40. The fourth-order valence-electron chi connectivity index (χ4n) is 2.26. The number of rotatable bonds is 4. The van der Waals surface area contributed by atoms with Crippen molar-refractivity contribution in [2.45, 2.75) is 12.8 Å². The quantitative estimate of drug-likeness (QED) is 0.861. The number of nitrogens with zero attached hydrogens (tertiary/aromatic N) is 1. The first-order valence-corrected chi connectivity index (χ1v) is 5.94. The molecule has 1 aliphatic carbocycles. The normalized spacial score (nSPS) is 19.2. The molecule has 2 aliphatic rings. The Balaban J connectivity index is 1.75. The summed E-state index contributed by atoms with van der Waals surface area (Å²) < 4.78 is 10.6. The lowest BCUT2D eigenvalue weighted by Gasteiger charge is -2.24. The van der Waals surface area contributed by atoms with E-state index in [0.717, 1.165) is 36.6 Å². The van der Waals surface area contributed by atoms with Gasteiger partial charge in [0.2, 0.25) is 6.79 Å². The van der Waals surface area contributed by atoms with Crippen molar-refractivity contribution in [3.05, 3.63) is 18.2 Å². The molecule has 4 nitrogen and oxygen atoms in total. The predicted octanol–water partition coefficient (Wildman–Crippen LogP) is 1.62. The summed E-state index contributed by atoms with van der Waals surface area (Å²) in [6.45, 7) is 1.48. The standard InChI is InChI=1S/C13H17NO3/c1-14(7-13(8-15)4-5-13)10-2-3-11-12(6-10)17-9-16-11/h2-3,6,15H,4-5,7-9H2,1H3. The number of hydrogen-bond donors (Lipinski definition) is 1. The van der Waals surface area contributed by atoms with Crippen LogP contribution in [0.5, 0.6) is 11.5 Å². The molecule has 4 heteroatoms. The first-order valence-electron chi connectivity index (χ1n) is 5.94. The van der Waals surface area contributed by atoms with E-state index in [1.54, 1.807) is 0 Å². The second-order valence-electron chi connectivity index (χ2n) is 5.05. The average molecular weight is 235 g/mol. The van der Waals surface area contributed by atoms with E-state index in [4.69, 9.17) is 9.47 Å². The summed E-state index contributed by atoms with van der Waals surface area (Å²) >= 11 is 0. The molecule has 1 saturated carbocycles. The van der Waals surface area contributed by atoms with Crippen LogP contribution in [0.15, 0.2) is 18.2 Å². The second-order valence-corrected chi connectivity index (χ2v) is 5.05. The van der Waals surface area contributed by atoms with Gasteiger partial charge in [-0.1, -0.05) is 0 Å². The van der Waals surface area contributed by atoms with Gasteiger partial charge in [0.05, 0.1) is 6.61 Å². The molecule has 17 heavy (non-hydrogen) atoms. The maximum Gasteiger partial charge on any atom is 0.231 e. The van der Waals surface area contributed by atoms with Crippen LogP contribution in [0, 0.1) is 5.41 Å². The molecule has 0 radical (unpaired) electrons. The molecule has 0 aromatic heterocycles. The summed E-state index contributed by atoms with van der Waals surface area (Å²) in [5.74, 6) is 1.62. The van der Waals surface area contributed by atoms with Crippen molar-refractivity contribution in [2.24, 2.45) is 5.41 Å². The van der Waals surface area contributed by atoms with Gasteiger partial charge in [0.15, 0.2) is 11.5 Å². The summed E-state index contributed by atoms with van der Waals surface area (Å²) in [4.78, 5) is 2.17. The first-order chi connectivity index (χ1) is 8.22. The average Bonchev–Trinajstić information content (AvgIpc) is 2.96. The summed E-state index contributed by atoms with van der Waals surface area (Å²) in [5, 5.41) is 9.34. The van der Waals surface area contributed by atoms with Crippen molar-refractivity contribution in [1.29, 1.82) is 0 Å². The zero-order valence-corrected chi connectivity index (χ0v) is 9.98.